The van der Waals surface area contributed by atoms with Gasteiger partial charge in [0, 0.05) is 24.9 Å². The molecule has 1 aromatic rings. The Hall–Kier alpha value is -1.59. The molecule has 1 aliphatic heterocycles. The second kappa shape index (κ2) is 5.80. The van der Waals surface area contributed by atoms with Crippen molar-refractivity contribution in [3.05, 3.63) is 35.4 Å². The molecule has 1 saturated heterocycles. The summed E-state index contributed by atoms with van der Waals surface area (Å²) in [6.07, 6.45) is 2.97. The van der Waals surface area contributed by atoms with Crippen molar-refractivity contribution in [1.29, 1.82) is 0 Å². The Bertz CT molecular complexity index is 598. The maximum absolute atomic E-state index is 12.1. The van der Waals surface area contributed by atoms with E-state index in [4.69, 9.17) is 9.47 Å². The molecule has 2 fully saturated rings. The van der Waals surface area contributed by atoms with Gasteiger partial charge in [-0.1, -0.05) is 24.3 Å². The topological polar surface area (TPSA) is 59.6 Å². The average Bonchev–Trinajstić information content (AvgIpc) is 3.07. The lowest BCUT2D eigenvalue weighted by molar-refractivity contribution is -0.145. The van der Waals surface area contributed by atoms with E-state index in [1.165, 1.54) is 17.5 Å². The molecule has 2 amide bonds. The SMILES string of the molecule is CC1(CCNC(=O)N[C@@H]2[C@@H]3CCc4ccccc4[C@@H]32)OCCO1. The summed E-state index contributed by atoms with van der Waals surface area (Å²) in [5.41, 5.74) is 2.87. The summed E-state index contributed by atoms with van der Waals surface area (Å²) in [5.74, 6) is 0.569. The van der Waals surface area contributed by atoms with Crippen molar-refractivity contribution in [3.63, 3.8) is 0 Å². The van der Waals surface area contributed by atoms with Crippen molar-refractivity contribution in [2.24, 2.45) is 5.92 Å². The molecule has 2 aliphatic carbocycles. The van der Waals surface area contributed by atoms with Gasteiger partial charge in [-0.15, -0.1) is 0 Å². The van der Waals surface area contributed by atoms with Crippen LogP contribution in [0.1, 0.15) is 36.8 Å². The van der Waals surface area contributed by atoms with Gasteiger partial charge < -0.3 is 20.1 Å². The predicted octanol–water partition coefficient (Wildman–Crippen LogP) is 2.17. The molecule has 4 rings (SSSR count). The molecule has 3 aliphatic rings. The first kappa shape index (κ1) is 15.0. The number of hydrogen-bond acceptors (Lipinski definition) is 3. The van der Waals surface area contributed by atoms with Gasteiger partial charge >= 0.3 is 6.03 Å². The van der Waals surface area contributed by atoms with Gasteiger partial charge in [0.05, 0.1) is 13.2 Å². The van der Waals surface area contributed by atoms with Crippen LogP contribution in [0.15, 0.2) is 24.3 Å². The van der Waals surface area contributed by atoms with E-state index in [0.29, 0.717) is 38.0 Å². The first-order valence-electron chi connectivity index (χ1n) is 8.56. The van der Waals surface area contributed by atoms with E-state index in [1.54, 1.807) is 0 Å². The van der Waals surface area contributed by atoms with E-state index < -0.39 is 5.79 Å². The summed E-state index contributed by atoms with van der Waals surface area (Å²) in [7, 11) is 0. The molecule has 1 aromatic carbocycles. The van der Waals surface area contributed by atoms with Crippen LogP contribution in [-0.2, 0) is 15.9 Å². The van der Waals surface area contributed by atoms with Crippen LogP contribution >= 0.6 is 0 Å². The monoisotopic (exact) mass is 316 g/mol. The van der Waals surface area contributed by atoms with Crippen LogP contribution in [-0.4, -0.2) is 37.6 Å². The highest BCUT2D eigenvalue weighted by molar-refractivity contribution is 5.75. The maximum atomic E-state index is 12.1. The lowest BCUT2D eigenvalue weighted by Crippen LogP contribution is -2.40. The second-order valence-corrected chi connectivity index (χ2v) is 6.93. The van der Waals surface area contributed by atoms with Gasteiger partial charge in [0.15, 0.2) is 5.79 Å². The van der Waals surface area contributed by atoms with Gasteiger partial charge in [-0.05, 0) is 36.8 Å². The molecule has 5 nitrogen and oxygen atoms in total. The van der Waals surface area contributed by atoms with Gasteiger partial charge in [0.1, 0.15) is 0 Å². The van der Waals surface area contributed by atoms with Crippen molar-refractivity contribution in [2.45, 2.75) is 43.9 Å². The van der Waals surface area contributed by atoms with Gasteiger partial charge in [-0.25, -0.2) is 4.79 Å². The molecule has 5 heteroatoms. The van der Waals surface area contributed by atoms with Crippen molar-refractivity contribution in [2.75, 3.05) is 19.8 Å². The van der Waals surface area contributed by atoms with E-state index in [0.717, 1.165) is 6.42 Å². The largest absolute Gasteiger partial charge is 0.348 e. The fourth-order valence-corrected chi connectivity index (χ4v) is 4.07. The standard InChI is InChI=1S/C18H24N2O3/c1-18(22-10-11-23-18)8-9-19-17(21)20-16-14-7-6-12-4-2-3-5-13(12)15(14)16/h2-5,14-16H,6-11H2,1H3,(H2,19,20,21)/t14-,15+,16-/m1/s1. The van der Waals surface area contributed by atoms with Gasteiger partial charge in [0.2, 0.25) is 0 Å². The van der Waals surface area contributed by atoms with Crippen LogP contribution in [0.3, 0.4) is 0 Å². The smallest absolute Gasteiger partial charge is 0.315 e. The third kappa shape index (κ3) is 2.95. The predicted molar refractivity (Wildman–Crippen MR) is 86.2 cm³/mol. The molecular formula is C18H24N2O3. The van der Waals surface area contributed by atoms with E-state index in [9.17, 15) is 4.79 Å². The fraction of sp³-hybridized carbons (Fsp3) is 0.611. The first-order chi connectivity index (χ1) is 11.2. The third-order valence-corrected chi connectivity index (χ3v) is 5.39. The van der Waals surface area contributed by atoms with Crippen molar-refractivity contribution in [1.82, 2.24) is 10.6 Å². The van der Waals surface area contributed by atoms with Crippen LogP contribution in [0.25, 0.3) is 0 Å². The summed E-state index contributed by atoms with van der Waals surface area (Å²) in [4.78, 5) is 12.1. The average molecular weight is 316 g/mol. The van der Waals surface area contributed by atoms with E-state index in [2.05, 4.69) is 34.9 Å². The van der Waals surface area contributed by atoms with Gasteiger partial charge in [-0.2, -0.15) is 0 Å². The molecule has 0 aromatic heterocycles. The Balaban J connectivity index is 1.26. The molecular weight excluding hydrogens is 292 g/mol. The number of hydrogen-bond donors (Lipinski definition) is 2. The first-order valence-corrected chi connectivity index (χ1v) is 8.56. The highest BCUT2D eigenvalue weighted by atomic mass is 16.7. The van der Waals surface area contributed by atoms with Crippen LogP contribution in [0.5, 0.6) is 0 Å². The summed E-state index contributed by atoms with van der Waals surface area (Å²) in [6.45, 7) is 3.74. The normalized spacial score (nSPS) is 30.2. The lowest BCUT2D eigenvalue weighted by Gasteiger charge is -2.22. The van der Waals surface area contributed by atoms with E-state index >= 15 is 0 Å². The fourth-order valence-electron chi connectivity index (χ4n) is 4.07. The van der Waals surface area contributed by atoms with Crippen molar-refractivity contribution < 1.29 is 14.3 Å². The number of rotatable bonds is 4. The number of amides is 2. The number of fused-ring (bicyclic) bond motifs is 3. The molecule has 1 heterocycles. The van der Waals surface area contributed by atoms with Gasteiger partial charge in [-0.3, -0.25) is 0 Å². The Morgan fingerprint density at radius 3 is 2.91 bits per heavy atom. The molecule has 1 saturated carbocycles. The van der Waals surface area contributed by atoms with Crippen LogP contribution in [0, 0.1) is 5.92 Å². The van der Waals surface area contributed by atoms with Crippen LogP contribution in [0.4, 0.5) is 4.79 Å². The lowest BCUT2D eigenvalue weighted by atomic mass is 9.92. The molecule has 2 N–H and O–H groups in total. The number of benzene rings is 1. The van der Waals surface area contributed by atoms with E-state index in [-0.39, 0.29) is 12.1 Å². The molecule has 0 spiro atoms. The number of carbonyl (C=O) groups excluding carboxylic acids is 1. The Morgan fingerprint density at radius 2 is 2.09 bits per heavy atom. The molecule has 3 atom stereocenters. The van der Waals surface area contributed by atoms with E-state index in [1.807, 2.05) is 6.92 Å². The summed E-state index contributed by atoms with van der Waals surface area (Å²) in [6, 6.07) is 8.82. The number of nitrogens with one attached hydrogen (secondary N) is 2. The summed E-state index contributed by atoms with van der Waals surface area (Å²) in [5, 5.41) is 6.07. The third-order valence-electron chi connectivity index (χ3n) is 5.39. The highest BCUT2D eigenvalue weighted by Crippen LogP contribution is 2.54. The molecule has 0 radical (unpaired) electrons. The Kier molecular flexibility index (Phi) is 3.77. The summed E-state index contributed by atoms with van der Waals surface area (Å²) >= 11 is 0. The number of aryl methyl sites for hydroxylation is 1. The minimum Gasteiger partial charge on any atom is -0.348 e. The number of urea groups is 1. The van der Waals surface area contributed by atoms with Crippen LogP contribution in [0.2, 0.25) is 0 Å². The van der Waals surface area contributed by atoms with Crippen LogP contribution < -0.4 is 10.6 Å². The molecule has 0 bridgehead atoms. The zero-order valence-electron chi connectivity index (χ0n) is 13.5. The van der Waals surface area contributed by atoms with Gasteiger partial charge in [0.25, 0.3) is 0 Å². The Morgan fingerprint density at radius 1 is 1.30 bits per heavy atom. The molecule has 124 valence electrons. The minimum absolute atomic E-state index is 0.0801. The quantitative estimate of drug-likeness (QED) is 0.895. The number of carbonyl (C=O) groups is 1. The molecule has 23 heavy (non-hydrogen) atoms. The molecule has 0 unspecified atom stereocenters. The second-order valence-electron chi connectivity index (χ2n) is 6.93. The maximum Gasteiger partial charge on any atom is 0.315 e. The number of ether oxygens (including phenoxy) is 2. The highest BCUT2D eigenvalue weighted by Gasteiger charge is 2.53. The van der Waals surface area contributed by atoms with Crippen molar-refractivity contribution in [3.8, 4) is 0 Å². The summed E-state index contributed by atoms with van der Waals surface area (Å²) < 4.78 is 11.1. The minimum atomic E-state index is -0.542. The van der Waals surface area contributed by atoms with Crippen molar-refractivity contribution >= 4 is 6.03 Å². The zero-order chi connectivity index (χ0) is 15.9. The zero-order valence-corrected chi connectivity index (χ0v) is 13.5. The Labute approximate surface area is 136 Å².